The van der Waals surface area contributed by atoms with Crippen molar-refractivity contribution in [2.45, 2.75) is 6.42 Å². The minimum atomic E-state index is -0.948. The summed E-state index contributed by atoms with van der Waals surface area (Å²) in [5.74, 6) is -0.220. The molecule has 0 aliphatic carbocycles. The summed E-state index contributed by atoms with van der Waals surface area (Å²) < 4.78 is 5.99. The number of carbonyl (C=O) groups excluding carboxylic acids is 1. The molecule has 0 unspecified atom stereocenters. The van der Waals surface area contributed by atoms with Gasteiger partial charge in [0.2, 0.25) is 5.91 Å². The molecule has 0 spiro atoms. The molecule has 1 aliphatic rings. The van der Waals surface area contributed by atoms with Crippen molar-refractivity contribution in [2.24, 2.45) is 5.41 Å². The Morgan fingerprint density at radius 3 is 2.94 bits per heavy atom. The topological polar surface area (TPSA) is 62.1 Å². The van der Waals surface area contributed by atoms with E-state index in [0.29, 0.717) is 6.54 Å². The number of hydrogen-bond acceptors (Lipinski definition) is 4. The van der Waals surface area contributed by atoms with E-state index < -0.39 is 5.41 Å². The highest BCUT2D eigenvalue weighted by Gasteiger charge is 2.46. The molecule has 90 valence electrons. The van der Waals surface area contributed by atoms with E-state index in [-0.39, 0.29) is 19.1 Å². The van der Waals surface area contributed by atoms with Gasteiger partial charge in [0, 0.05) is 21.3 Å². The molecule has 1 amide bonds. The van der Waals surface area contributed by atoms with Crippen LogP contribution >= 0.6 is 27.3 Å². The summed E-state index contributed by atoms with van der Waals surface area (Å²) >= 11 is 5.03. The number of amides is 1. The molecule has 1 aliphatic heterocycles. The lowest BCUT2D eigenvalue weighted by atomic mass is 9.87. The van der Waals surface area contributed by atoms with E-state index in [1.54, 1.807) is 11.3 Å². The van der Waals surface area contributed by atoms with Gasteiger partial charge in [-0.15, -0.1) is 11.3 Å². The molecule has 0 saturated carbocycles. The second-order valence-electron chi connectivity index (χ2n) is 3.92. The van der Waals surface area contributed by atoms with Crippen LogP contribution in [0.3, 0.4) is 0 Å². The van der Waals surface area contributed by atoms with Gasteiger partial charge in [-0.3, -0.25) is 4.79 Å². The van der Waals surface area contributed by atoms with Gasteiger partial charge in [0.25, 0.3) is 0 Å². The molecule has 0 aromatic carbocycles. The first-order valence-electron chi connectivity index (χ1n) is 5.16. The first kappa shape index (κ1) is 12.6. The molecule has 0 bridgehead atoms. The zero-order valence-corrected chi connectivity index (χ0v) is 11.4. The number of nitrogens with zero attached hydrogens (tertiary/aromatic N) is 1. The van der Waals surface area contributed by atoms with Crippen molar-refractivity contribution >= 4 is 33.2 Å². The Morgan fingerprint density at radius 1 is 1.71 bits per heavy atom. The van der Waals surface area contributed by atoms with Crippen LogP contribution in [0, 0.1) is 16.7 Å². The SMILES string of the molecule is N#CC1(C(=O)NCCc2cc(Br)cs2)COC1. The molecule has 6 heteroatoms. The van der Waals surface area contributed by atoms with Gasteiger partial charge in [0.15, 0.2) is 5.41 Å². The van der Waals surface area contributed by atoms with Crippen LogP contribution in [0.15, 0.2) is 15.9 Å². The van der Waals surface area contributed by atoms with Gasteiger partial charge in [-0.05, 0) is 28.4 Å². The third kappa shape index (κ3) is 2.68. The zero-order valence-electron chi connectivity index (χ0n) is 9.03. The third-order valence-corrected chi connectivity index (χ3v) is 4.38. The Hall–Kier alpha value is -0.900. The lowest BCUT2D eigenvalue weighted by Gasteiger charge is -2.33. The molecule has 1 N–H and O–H groups in total. The van der Waals surface area contributed by atoms with Crippen LogP contribution in [0.5, 0.6) is 0 Å². The van der Waals surface area contributed by atoms with Crippen molar-refractivity contribution in [3.63, 3.8) is 0 Å². The molecule has 2 heterocycles. The molecule has 4 nitrogen and oxygen atoms in total. The molecule has 1 aromatic heterocycles. The van der Waals surface area contributed by atoms with Gasteiger partial charge in [-0.25, -0.2) is 0 Å². The van der Waals surface area contributed by atoms with Gasteiger partial charge in [0.05, 0.1) is 19.3 Å². The number of hydrogen-bond donors (Lipinski definition) is 1. The first-order valence-corrected chi connectivity index (χ1v) is 6.84. The smallest absolute Gasteiger partial charge is 0.245 e. The first-order chi connectivity index (χ1) is 8.16. The molecule has 1 aromatic rings. The fourth-order valence-corrected chi connectivity index (χ4v) is 2.96. The Labute approximate surface area is 112 Å². The summed E-state index contributed by atoms with van der Waals surface area (Å²) in [6, 6.07) is 4.06. The summed E-state index contributed by atoms with van der Waals surface area (Å²) in [5, 5.41) is 13.7. The van der Waals surface area contributed by atoms with E-state index in [1.165, 1.54) is 4.88 Å². The highest BCUT2D eigenvalue weighted by Crippen LogP contribution is 2.26. The van der Waals surface area contributed by atoms with E-state index in [4.69, 9.17) is 10.00 Å². The van der Waals surface area contributed by atoms with E-state index in [2.05, 4.69) is 21.2 Å². The molecular weight excluding hydrogens is 304 g/mol. The fourth-order valence-electron chi connectivity index (χ4n) is 1.51. The highest BCUT2D eigenvalue weighted by molar-refractivity contribution is 9.10. The lowest BCUT2D eigenvalue weighted by Crippen LogP contribution is -2.53. The van der Waals surface area contributed by atoms with Gasteiger partial charge in [-0.1, -0.05) is 0 Å². The molecular formula is C11H11BrN2O2S. The van der Waals surface area contributed by atoms with Crippen LogP contribution in [0.2, 0.25) is 0 Å². The normalized spacial score (nSPS) is 16.9. The highest BCUT2D eigenvalue weighted by atomic mass is 79.9. The molecule has 2 rings (SSSR count). The third-order valence-electron chi connectivity index (χ3n) is 2.62. The second-order valence-corrected chi connectivity index (χ2v) is 5.84. The number of halogens is 1. The standard InChI is InChI=1S/C11H11BrN2O2S/c12-8-3-9(17-4-8)1-2-14-10(15)11(5-13)6-16-7-11/h3-4H,1-2,6-7H2,(H,14,15). The molecule has 0 atom stereocenters. The number of carbonyl (C=O) groups is 1. The Balaban J connectivity index is 1.79. The van der Waals surface area contributed by atoms with Gasteiger partial charge in [0.1, 0.15) is 0 Å². The van der Waals surface area contributed by atoms with E-state index in [9.17, 15) is 4.79 Å². The largest absolute Gasteiger partial charge is 0.377 e. The second kappa shape index (κ2) is 5.17. The zero-order chi connectivity index (χ0) is 12.3. The Bertz CT molecular complexity index is 462. The summed E-state index contributed by atoms with van der Waals surface area (Å²) in [5.41, 5.74) is -0.948. The molecule has 0 radical (unpaired) electrons. The minimum absolute atomic E-state index is 0.208. The number of nitrogens with one attached hydrogen (secondary N) is 1. The number of nitriles is 1. The number of ether oxygens (including phenoxy) is 1. The fraction of sp³-hybridized carbons (Fsp3) is 0.455. The predicted molar refractivity (Wildman–Crippen MR) is 67.6 cm³/mol. The van der Waals surface area contributed by atoms with Gasteiger partial charge in [-0.2, -0.15) is 5.26 Å². The maximum absolute atomic E-state index is 11.8. The quantitative estimate of drug-likeness (QED) is 0.920. The maximum Gasteiger partial charge on any atom is 0.245 e. The van der Waals surface area contributed by atoms with E-state index >= 15 is 0 Å². The monoisotopic (exact) mass is 314 g/mol. The van der Waals surface area contributed by atoms with Crippen LogP contribution in [-0.4, -0.2) is 25.7 Å². The average Bonchev–Trinajstić information content (AvgIpc) is 2.63. The summed E-state index contributed by atoms with van der Waals surface area (Å²) in [6.07, 6.45) is 0.782. The number of thiophene rings is 1. The van der Waals surface area contributed by atoms with E-state index in [0.717, 1.165) is 10.9 Å². The van der Waals surface area contributed by atoms with Crippen LogP contribution in [0.25, 0.3) is 0 Å². The Kier molecular flexibility index (Phi) is 3.82. The number of rotatable bonds is 4. The molecule has 17 heavy (non-hydrogen) atoms. The van der Waals surface area contributed by atoms with Crippen molar-refractivity contribution in [1.29, 1.82) is 5.26 Å². The molecule has 1 saturated heterocycles. The van der Waals surface area contributed by atoms with Crippen LogP contribution in [0.4, 0.5) is 0 Å². The van der Waals surface area contributed by atoms with Gasteiger partial charge >= 0.3 is 0 Å². The Morgan fingerprint density at radius 2 is 2.47 bits per heavy atom. The van der Waals surface area contributed by atoms with Crippen LogP contribution in [-0.2, 0) is 16.0 Å². The van der Waals surface area contributed by atoms with Crippen molar-refractivity contribution in [3.8, 4) is 6.07 Å². The van der Waals surface area contributed by atoms with E-state index in [1.807, 2.05) is 17.5 Å². The van der Waals surface area contributed by atoms with Crippen molar-refractivity contribution in [3.05, 3.63) is 20.8 Å². The van der Waals surface area contributed by atoms with Gasteiger partial charge < -0.3 is 10.1 Å². The van der Waals surface area contributed by atoms with Crippen LogP contribution < -0.4 is 5.32 Å². The molecule has 1 fully saturated rings. The van der Waals surface area contributed by atoms with Crippen LogP contribution in [0.1, 0.15) is 4.88 Å². The summed E-state index contributed by atoms with van der Waals surface area (Å²) in [4.78, 5) is 13.0. The van der Waals surface area contributed by atoms with Crippen molar-refractivity contribution in [1.82, 2.24) is 5.32 Å². The van der Waals surface area contributed by atoms with Crippen molar-refractivity contribution < 1.29 is 9.53 Å². The average molecular weight is 315 g/mol. The maximum atomic E-state index is 11.8. The predicted octanol–water partition coefficient (Wildman–Crippen LogP) is 1.71. The summed E-state index contributed by atoms with van der Waals surface area (Å²) in [6.45, 7) is 0.967. The van der Waals surface area contributed by atoms with Crippen molar-refractivity contribution in [2.75, 3.05) is 19.8 Å². The lowest BCUT2D eigenvalue weighted by molar-refractivity contribution is -0.149. The summed E-state index contributed by atoms with van der Waals surface area (Å²) in [7, 11) is 0. The minimum Gasteiger partial charge on any atom is -0.377 e.